The van der Waals surface area contributed by atoms with Crippen LogP contribution in [0.4, 0.5) is 4.79 Å². The summed E-state index contributed by atoms with van der Waals surface area (Å²) in [5.74, 6) is 0. The summed E-state index contributed by atoms with van der Waals surface area (Å²) in [6, 6.07) is 10.1. The summed E-state index contributed by atoms with van der Waals surface area (Å²) in [5.41, 5.74) is -0.294. The van der Waals surface area contributed by atoms with Gasteiger partial charge in [-0.1, -0.05) is 61.3 Å². The molecule has 0 aliphatic carbocycles. The Bertz CT molecular complexity index is 387. The Hall–Kier alpha value is -1.55. The molecule has 1 aromatic rings. The van der Waals surface area contributed by atoms with E-state index in [0.29, 0.717) is 0 Å². The fourth-order valence-corrected chi connectivity index (χ4v) is 4.03. The molecule has 0 fully saturated rings. The maximum absolute atomic E-state index is 11.2. The van der Waals surface area contributed by atoms with Gasteiger partial charge in [-0.2, -0.15) is 0 Å². The summed E-state index contributed by atoms with van der Waals surface area (Å²) in [4.78, 5) is 11.2. The van der Waals surface area contributed by atoms with Crippen molar-refractivity contribution in [2.75, 3.05) is 7.11 Å². The molecule has 92 valence electrons. The highest BCUT2D eigenvalue weighted by Crippen LogP contribution is 2.14. The van der Waals surface area contributed by atoms with Gasteiger partial charge >= 0.3 is 6.16 Å². The summed E-state index contributed by atoms with van der Waals surface area (Å²) in [5, 5.41) is 1.22. The first kappa shape index (κ1) is 13.5. The van der Waals surface area contributed by atoms with Gasteiger partial charge in [0.15, 0.2) is 0 Å². The number of carbonyl (C=O) groups is 1. The van der Waals surface area contributed by atoms with Gasteiger partial charge in [-0.15, -0.1) is 0 Å². The highest BCUT2D eigenvalue weighted by molar-refractivity contribution is 6.91. The molecule has 3 nitrogen and oxygen atoms in total. The molecule has 0 bridgehead atoms. The van der Waals surface area contributed by atoms with Crippen molar-refractivity contribution in [3.63, 3.8) is 0 Å². The average Bonchev–Trinajstić information content (AvgIpc) is 2.36. The number of carbonyl (C=O) groups excluding carboxylic acids is 1. The number of ether oxygens (including phenoxy) is 2. The predicted octanol–water partition coefficient (Wildman–Crippen LogP) is 2.48. The van der Waals surface area contributed by atoms with E-state index in [4.69, 9.17) is 4.74 Å². The monoisotopic (exact) mass is 250 g/mol. The van der Waals surface area contributed by atoms with E-state index >= 15 is 0 Å². The zero-order valence-corrected chi connectivity index (χ0v) is 11.5. The molecule has 1 rings (SSSR count). The first-order valence-electron chi connectivity index (χ1n) is 5.45. The van der Waals surface area contributed by atoms with E-state index in [-0.39, 0.29) is 5.73 Å². The number of methoxy groups -OCH3 is 1. The third kappa shape index (κ3) is 3.20. The van der Waals surface area contributed by atoms with Crippen LogP contribution in [0.1, 0.15) is 0 Å². The Morgan fingerprint density at radius 3 is 2.41 bits per heavy atom. The number of benzene rings is 1. The second kappa shape index (κ2) is 5.68. The van der Waals surface area contributed by atoms with E-state index in [1.807, 2.05) is 18.2 Å². The maximum atomic E-state index is 11.2. The van der Waals surface area contributed by atoms with E-state index in [2.05, 4.69) is 36.5 Å². The lowest BCUT2D eigenvalue weighted by Gasteiger charge is -2.29. The Morgan fingerprint density at radius 2 is 1.94 bits per heavy atom. The van der Waals surface area contributed by atoms with Crippen molar-refractivity contribution in [2.45, 2.75) is 18.8 Å². The Kier molecular flexibility index (Phi) is 4.51. The van der Waals surface area contributed by atoms with E-state index in [1.165, 1.54) is 12.3 Å². The van der Waals surface area contributed by atoms with Gasteiger partial charge in [-0.25, -0.2) is 4.79 Å². The van der Waals surface area contributed by atoms with Gasteiger partial charge in [0.25, 0.3) is 0 Å². The fraction of sp³-hybridized carbons (Fsp3) is 0.308. The maximum Gasteiger partial charge on any atom is 0.508 e. The summed E-state index contributed by atoms with van der Waals surface area (Å²) in [6.45, 7) is 8.02. The molecular weight excluding hydrogens is 232 g/mol. The second-order valence-corrected chi connectivity index (χ2v) is 8.91. The van der Waals surface area contributed by atoms with Crippen LogP contribution in [0.25, 0.3) is 0 Å². The molecule has 0 aliphatic heterocycles. The molecular formula is C13H18O3Si. The standard InChI is InChI=1S/C13H18O3Si/c1-5-12(16-13(14)15-2)17(3,4)11-9-7-6-8-10-11/h5-10,12H,1H2,2-4H3. The minimum Gasteiger partial charge on any atom is -0.438 e. The van der Waals surface area contributed by atoms with Crippen molar-refractivity contribution in [3.8, 4) is 0 Å². The van der Waals surface area contributed by atoms with E-state index < -0.39 is 14.2 Å². The van der Waals surface area contributed by atoms with Crippen molar-refractivity contribution in [2.24, 2.45) is 0 Å². The zero-order chi connectivity index (χ0) is 12.9. The van der Waals surface area contributed by atoms with Gasteiger partial charge in [-0.3, -0.25) is 0 Å². The smallest absolute Gasteiger partial charge is 0.438 e. The van der Waals surface area contributed by atoms with Crippen LogP contribution in [0.2, 0.25) is 13.1 Å². The third-order valence-corrected chi connectivity index (χ3v) is 6.43. The summed E-state index contributed by atoms with van der Waals surface area (Å²) in [6.07, 6.45) is 1.02. The summed E-state index contributed by atoms with van der Waals surface area (Å²) >= 11 is 0. The van der Waals surface area contributed by atoms with Crippen LogP contribution in [0, 0.1) is 0 Å². The number of hydrogen-bond donors (Lipinski definition) is 0. The Labute approximate surface area is 103 Å². The SMILES string of the molecule is C=CC(OC(=O)OC)[Si](C)(C)c1ccccc1. The third-order valence-electron chi connectivity index (χ3n) is 2.83. The molecule has 1 atom stereocenters. The van der Waals surface area contributed by atoms with Crippen LogP contribution in [0.15, 0.2) is 43.0 Å². The lowest BCUT2D eigenvalue weighted by molar-refractivity contribution is 0.0703. The van der Waals surface area contributed by atoms with E-state index in [1.54, 1.807) is 6.08 Å². The number of hydrogen-bond acceptors (Lipinski definition) is 3. The molecule has 0 N–H and O–H groups in total. The van der Waals surface area contributed by atoms with Crippen LogP contribution < -0.4 is 5.19 Å². The Balaban J connectivity index is 2.94. The molecule has 0 aromatic heterocycles. The lowest BCUT2D eigenvalue weighted by atomic mass is 10.4. The predicted molar refractivity (Wildman–Crippen MR) is 71.0 cm³/mol. The van der Waals surface area contributed by atoms with Crippen LogP contribution in [-0.4, -0.2) is 27.1 Å². The van der Waals surface area contributed by atoms with Crippen molar-refractivity contribution < 1.29 is 14.3 Å². The van der Waals surface area contributed by atoms with Crippen molar-refractivity contribution in [1.29, 1.82) is 0 Å². The molecule has 1 aromatic carbocycles. The van der Waals surface area contributed by atoms with Gasteiger partial charge in [0.05, 0.1) is 7.11 Å². The molecule has 0 spiro atoms. The molecule has 0 amide bonds. The second-order valence-electron chi connectivity index (χ2n) is 4.32. The van der Waals surface area contributed by atoms with Crippen LogP contribution in [0.5, 0.6) is 0 Å². The molecule has 0 saturated carbocycles. The highest BCUT2D eigenvalue weighted by Gasteiger charge is 2.35. The van der Waals surface area contributed by atoms with Crippen LogP contribution >= 0.6 is 0 Å². The molecule has 1 unspecified atom stereocenters. The molecule has 0 radical (unpaired) electrons. The molecule has 4 heteroatoms. The highest BCUT2D eigenvalue weighted by atomic mass is 28.3. The molecule has 17 heavy (non-hydrogen) atoms. The quantitative estimate of drug-likeness (QED) is 0.468. The van der Waals surface area contributed by atoms with Gasteiger partial charge < -0.3 is 9.47 Å². The normalized spacial score (nSPS) is 12.6. The number of rotatable bonds is 4. The fourth-order valence-electron chi connectivity index (χ4n) is 1.67. The van der Waals surface area contributed by atoms with Crippen molar-refractivity contribution in [3.05, 3.63) is 43.0 Å². The van der Waals surface area contributed by atoms with Gasteiger partial charge in [0, 0.05) is 0 Å². The van der Waals surface area contributed by atoms with Crippen LogP contribution in [-0.2, 0) is 9.47 Å². The van der Waals surface area contributed by atoms with Gasteiger partial charge in [0.2, 0.25) is 0 Å². The zero-order valence-electron chi connectivity index (χ0n) is 10.5. The largest absolute Gasteiger partial charge is 0.508 e. The lowest BCUT2D eigenvalue weighted by Crippen LogP contribution is -2.53. The van der Waals surface area contributed by atoms with Crippen molar-refractivity contribution >= 4 is 19.4 Å². The van der Waals surface area contributed by atoms with E-state index in [0.717, 1.165) is 0 Å². The molecule has 0 saturated heterocycles. The first-order valence-corrected chi connectivity index (χ1v) is 8.52. The molecule has 0 aliphatic rings. The summed E-state index contributed by atoms with van der Waals surface area (Å²) in [7, 11) is -0.624. The summed E-state index contributed by atoms with van der Waals surface area (Å²) < 4.78 is 9.78. The van der Waals surface area contributed by atoms with Crippen molar-refractivity contribution in [1.82, 2.24) is 0 Å². The Morgan fingerprint density at radius 1 is 1.35 bits per heavy atom. The minimum atomic E-state index is -1.93. The average molecular weight is 250 g/mol. The van der Waals surface area contributed by atoms with Gasteiger partial charge in [-0.05, 0) is 0 Å². The van der Waals surface area contributed by atoms with Gasteiger partial charge in [0.1, 0.15) is 13.8 Å². The van der Waals surface area contributed by atoms with E-state index in [9.17, 15) is 4.79 Å². The first-order chi connectivity index (χ1) is 8.02. The molecule has 0 heterocycles. The van der Waals surface area contributed by atoms with Crippen LogP contribution in [0.3, 0.4) is 0 Å². The topological polar surface area (TPSA) is 35.5 Å². The minimum absolute atomic E-state index is 0.294.